The van der Waals surface area contributed by atoms with Crippen molar-refractivity contribution in [3.8, 4) is 0 Å². The van der Waals surface area contributed by atoms with Crippen molar-refractivity contribution in [3.05, 3.63) is 10.4 Å². The zero-order chi connectivity index (χ0) is 5.15. The summed E-state index contributed by atoms with van der Waals surface area (Å²) in [6, 6.07) is 0. The average Bonchev–Trinajstić information content (AvgIpc) is 1.36. The lowest BCUT2D eigenvalue weighted by molar-refractivity contribution is 0.378. The van der Waals surface area contributed by atoms with Crippen LogP contribution in [0, 0.1) is 0 Å². The summed E-state index contributed by atoms with van der Waals surface area (Å²) in [6.07, 6.45) is 0. The van der Waals surface area contributed by atoms with Crippen LogP contribution in [0.15, 0.2) is 10.4 Å². The molecule has 2 nitrogen and oxygen atoms in total. The van der Waals surface area contributed by atoms with Crippen LogP contribution in [0.2, 0.25) is 0 Å². The zero-order valence-electron chi connectivity index (χ0n) is 2.65. The van der Waals surface area contributed by atoms with Crippen LogP contribution in [-0.2, 0) is 0 Å². The van der Waals surface area contributed by atoms with E-state index in [9.17, 15) is 0 Å². The van der Waals surface area contributed by atoms with Crippen molar-refractivity contribution in [2.75, 3.05) is 0 Å². The maximum absolute atomic E-state index is 7.89. The van der Waals surface area contributed by atoms with Gasteiger partial charge in [-0.2, -0.15) is 0 Å². The summed E-state index contributed by atoms with van der Waals surface area (Å²) in [4.78, 5) is 0. The molecule has 0 bridgehead atoms. The van der Waals surface area contributed by atoms with E-state index in [0.717, 1.165) is 0 Å². The van der Waals surface area contributed by atoms with Gasteiger partial charge in [0.1, 0.15) is 0 Å². The number of rotatable bonds is 0. The largest absolute Gasteiger partial charge is 0.495 e. The molecule has 0 rings (SSSR count). The Morgan fingerprint density at radius 1 is 1.00 bits per heavy atom. The zero-order valence-corrected chi connectivity index (χ0v) is 4.16. The van der Waals surface area contributed by atoms with Gasteiger partial charge in [-0.1, -0.05) is 0 Å². The van der Waals surface area contributed by atoms with E-state index in [2.05, 4.69) is 23.2 Å². The third-order valence-corrected chi connectivity index (χ3v) is 0.625. The molecular weight excluding hydrogens is 127 g/mol. The minimum Gasteiger partial charge on any atom is -0.495 e. The molecule has 0 aliphatic rings. The molecule has 0 unspecified atom stereocenters. The number of hydrogen-bond donors (Lipinski definition) is 2. The first kappa shape index (κ1) is 5.92. The quantitative estimate of drug-likeness (QED) is 0.488. The molecule has 0 atom stereocenters. The van der Waals surface area contributed by atoms with Crippen molar-refractivity contribution in [2.24, 2.45) is 0 Å². The fourth-order valence-corrected chi connectivity index (χ4v) is 0. The molecule has 0 spiro atoms. The fourth-order valence-electron chi connectivity index (χ4n) is 0. The smallest absolute Gasteiger partial charge is 0.240 e. The summed E-state index contributed by atoms with van der Waals surface area (Å²) in [5.41, 5.74) is 0. The lowest BCUT2D eigenvalue weighted by Crippen LogP contribution is -1.69. The van der Waals surface area contributed by atoms with Gasteiger partial charge >= 0.3 is 0 Å². The predicted molar refractivity (Wildman–Crippen MR) is 24.0 cm³/mol. The van der Waals surface area contributed by atoms with E-state index in [0.29, 0.717) is 0 Å². The highest BCUT2D eigenvalue weighted by molar-refractivity contribution is 6.36. The maximum Gasteiger partial charge on any atom is 0.240 e. The topological polar surface area (TPSA) is 40.5 Å². The molecule has 0 aromatic heterocycles. The van der Waals surface area contributed by atoms with E-state index in [1.807, 2.05) is 0 Å². The second-order valence-electron chi connectivity index (χ2n) is 0.582. The molecule has 36 valence electrons. The van der Waals surface area contributed by atoms with Crippen molar-refractivity contribution >= 4 is 23.2 Å². The molecule has 0 heterocycles. The van der Waals surface area contributed by atoms with Gasteiger partial charge in [0.25, 0.3) is 0 Å². The minimum absolute atomic E-state index is 0.781. The number of halogens is 2. The average molecular weight is 129 g/mol. The molecular formula is C2H2Cl2O2. The normalized spacial score (nSPS) is 13.7. The van der Waals surface area contributed by atoms with Gasteiger partial charge in [0.15, 0.2) is 0 Å². The van der Waals surface area contributed by atoms with Gasteiger partial charge in [-0.05, 0) is 23.2 Å². The summed E-state index contributed by atoms with van der Waals surface area (Å²) in [7, 11) is 0. The van der Waals surface area contributed by atoms with Crippen LogP contribution >= 0.6 is 23.2 Å². The number of aliphatic hydroxyl groups is 2. The Hall–Kier alpha value is -0.0800. The Morgan fingerprint density at radius 3 is 1.17 bits per heavy atom. The van der Waals surface area contributed by atoms with Crippen molar-refractivity contribution < 1.29 is 10.2 Å². The van der Waals surface area contributed by atoms with E-state index in [4.69, 9.17) is 10.2 Å². The second-order valence-corrected chi connectivity index (χ2v) is 1.30. The number of aliphatic hydroxyl groups excluding tert-OH is 2. The van der Waals surface area contributed by atoms with E-state index >= 15 is 0 Å². The molecule has 0 aromatic rings. The van der Waals surface area contributed by atoms with Gasteiger partial charge in [0, 0.05) is 0 Å². The summed E-state index contributed by atoms with van der Waals surface area (Å²) in [5, 5.41) is 14.2. The van der Waals surface area contributed by atoms with E-state index in [1.165, 1.54) is 0 Å². The van der Waals surface area contributed by atoms with E-state index in [1.54, 1.807) is 0 Å². The predicted octanol–water partition coefficient (Wildman–Crippen LogP) is 1.71. The van der Waals surface area contributed by atoms with Gasteiger partial charge in [0.2, 0.25) is 10.4 Å². The summed E-state index contributed by atoms with van der Waals surface area (Å²) in [5.74, 6) is 0. The first-order valence-corrected chi connectivity index (χ1v) is 1.83. The highest BCUT2D eigenvalue weighted by Crippen LogP contribution is 2.04. The van der Waals surface area contributed by atoms with Crippen LogP contribution in [0.4, 0.5) is 0 Å². The van der Waals surface area contributed by atoms with Gasteiger partial charge in [-0.3, -0.25) is 0 Å². The van der Waals surface area contributed by atoms with Crippen molar-refractivity contribution in [1.29, 1.82) is 0 Å². The van der Waals surface area contributed by atoms with Crippen LogP contribution in [0.1, 0.15) is 0 Å². The molecule has 0 aromatic carbocycles. The number of hydrogen-bond acceptors (Lipinski definition) is 2. The standard InChI is InChI=1S/C2H2Cl2O2/c3-1(5)2(4)6/h5-6H/b2-1-. The van der Waals surface area contributed by atoms with Crippen LogP contribution in [0.3, 0.4) is 0 Å². The third-order valence-electron chi connectivity index (χ3n) is 0.170. The lowest BCUT2D eigenvalue weighted by atomic mass is 11.1. The fraction of sp³-hybridized carbons (Fsp3) is 0. The lowest BCUT2D eigenvalue weighted by Gasteiger charge is -1.80. The van der Waals surface area contributed by atoms with Crippen molar-refractivity contribution in [1.82, 2.24) is 0 Å². The van der Waals surface area contributed by atoms with E-state index < -0.39 is 10.4 Å². The SMILES string of the molecule is O/C(Cl)=C(\O)Cl. The Morgan fingerprint density at radius 2 is 1.17 bits per heavy atom. The Bertz CT molecular complexity index is 59.6. The molecule has 0 amide bonds. The molecule has 0 aliphatic carbocycles. The van der Waals surface area contributed by atoms with Crippen LogP contribution in [-0.4, -0.2) is 10.2 Å². The van der Waals surface area contributed by atoms with Crippen molar-refractivity contribution in [3.63, 3.8) is 0 Å². The minimum atomic E-state index is -0.781. The second kappa shape index (κ2) is 2.16. The molecule has 0 fully saturated rings. The molecule has 0 saturated carbocycles. The van der Waals surface area contributed by atoms with Crippen LogP contribution < -0.4 is 0 Å². The molecule has 0 saturated heterocycles. The summed E-state index contributed by atoms with van der Waals surface area (Å²) in [6.45, 7) is 0. The Balaban J connectivity index is 3.68. The Labute approximate surface area is 44.6 Å². The highest BCUT2D eigenvalue weighted by atomic mass is 35.5. The Kier molecular flexibility index (Phi) is 2.13. The van der Waals surface area contributed by atoms with Crippen LogP contribution in [0.5, 0.6) is 0 Å². The van der Waals surface area contributed by atoms with Gasteiger partial charge in [-0.15, -0.1) is 0 Å². The van der Waals surface area contributed by atoms with Crippen LogP contribution in [0.25, 0.3) is 0 Å². The first-order valence-electron chi connectivity index (χ1n) is 1.08. The third kappa shape index (κ3) is 2.18. The van der Waals surface area contributed by atoms with Gasteiger partial charge < -0.3 is 10.2 Å². The van der Waals surface area contributed by atoms with Crippen molar-refractivity contribution in [2.45, 2.75) is 0 Å². The molecule has 6 heavy (non-hydrogen) atoms. The van der Waals surface area contributed by atoms with E-state index in [-0.39, 0.29) is 0 Å². The molecule has 0 aliphatic heterocycles. The molecule has 4 heteroatoms. The first-order chi connectivity index (χ1) is 2.64. The monoisotopic (exact) mass is 128 g/mol. The summed E-state index contributed by atoms with van der Waals surface area (Å²) >= 11 is 9.33. The summed E-state index contributed by atoms with van der Waals surface area (Å²) < 4.78 is 0. The maximum atomic E-state index is 7.89. The molecule has 2 N–H and O–H groups in total. The highest BCUT2D eigenvalue weighted by Gasteiger charge is 1.89. The molecule has 0 radical (unpaired) electrons. The van der Waals surface area contributed by atoms with Gasteiger partial charge in [-0.25, -0.2) is 0 Å². The van der Waals surface area contributed by atoms with Gasteiger partial charge in [0.05, 0.1) is 0 Å².